The minimum Gasteiger partial charge on any atom is -0.113 e. The van der Waals surface area contributed by atoms with E-state index in [1.165, 1.54) is 16.7 Å². The van der Waals surface area contributed by atoms with E-state index in [1.54, 1.807) is 0 Å². The quantitative estimate of drug-likeness (QED) is 0.568. The van der Waals surface area contributed by atoms with Crippen LogP contribution in [0.2, 0.25) is 0 Å². The van der Waals surface area contributed by atoms with Gasteiger partial charge in [0.05, 0.1) is 5.38 Å². The first-order valence-corrected chi connectivity index (χ1v) is 8.19. The maximum atomic E-state index is 6.63. The molecule has 0 spiro atoms. The van der Waals surface area contributed by atoms with E-state index in [9.17, 15) is 0 Å². The van der Waals surface area contributed by atoms with Gasteiger partial charge >= 0.3 is 0 Å². The summed E-state index contributed by atoms with van der Waals surface area (Å²) in [7, 11) is 0. The van der Waals surface area contributed by atoms with Crippen molar-refractivity contribution in [3.63, 3.8) is 0 Å². The first-order chi connectivity index (χ1) is 9.47. The standard InChI is InChI=1S/C18H20BrCl/c1-12(2)10-14-4-6-15(7-5-14)18(20)17-9-8-16(19)11-13(17)3/h4-9,11-12,18H,10H2,1-3H3. The monoisotopic (exact) mass is 350 g/mol. The van der Waals surface area contributed by atoms with Gasteiger partial charge in [-0.05, 0) is 53.6 Å². The fraction of sp³-hybridized carbons (Fsp3) is 0.333. The van der Waals surface area contributed by atoms with E-state index in [4.69, 9.17) is 11.6 Å². The Balaban J connectivity index is 2.22. The van der Waals surface area contributed by atoms with E-state index in [0.29, 0.717) is 5.92 Å². The van der Waals surface area contributed by atoms with Crippen molar-refractivity contribution in [3.8, 4) is 0 Å². The SMILES string of the molecule is Cc1cc(Br)ccc1C(Cl)c1ccc(CC(C)C)cc1. The molecule has 2 aromatic carbocycles. The lowest BCUT2D eigenvalue weighted by Crippen LogP contribution is -1.98. The van der Waals surface area contributed by atoms with Crippen molar-refractivity contribution in [1.82, 2.24) is 0 Å². The Hall–Kier alpha value is -0.790. The molecule has 0 amide bonds. The largest absolute Gasteiger partial charge is 0.113 e. The predicted octanol–water partition coefficient (Wildman–Crippen LogP) is 6.28. The molecule has 1 atom stereocenters. The van der Waals surface area contributed by atoms with Crippen LogP contribution in [-0.2, 0) is 6.42 Å². The Morgan fingerprint density at radius 2 is 1.70 bits per heavy atom. The summed E-state index contributed by atoms with van der Waals surface area (Å²) in [4.78, 5) is 0. The van der Waals surface area contributed by atoms with E-state index in [2.05, 4.69) is 73.1 Å². The second kappa shape index (κ2) is 6.78. The molecular weight excluding hydrogens is 332 g/mol. The maximum Gasteiger partial charge on any atom is 0.0838 e. The summed E-state index contributed by atoms with van der Waals surface area (Å²) in [6.07, 6.45) is 1.12. The fourth-order valence-electron chi connectivity index (χ4n) is 2.40. The van der Waals surface area contributed by atoms with Crippen molar-refractivity contribution in [2.45, 2.75) is 32.6 Å². The van der Waals surface area contributed by atoms with E-state index in [0.717, 1.165) is 16.5 Å². The van der Waals surface area contributed by atoms with Crippen LogP contribution < -0.4 is 0 Å². The highest BCUT2D eigenvalue weighted by atomic mass is 79.9. The number of hydrogen-bond acceptors (Lipinski definition) is 0. The minimum atomic E-state index is -0.0869. The van der Waals surface area contributed by atoms with Crippen LogP contribution in [0.25, 0.3) is 0 Å². The lowest BCUT2D eigenvalue weighted by molar-refractivity contribution is 0.647. The molecule has 0 bridgehead atoms. The molecule has 0 N–H and O–H groups in total. The molecule has 0 radical (unpaired) electrons. The first kappa shape index (κ1) is 15.6. The summed E-state index contributed by atoms with van der Waals surface area (Å²) in [6.45, 7) is 6.58. The molecule has 0 aliphatic rings. The fourth-order valence-corrected chi connectivity index (χ4v) is 3.26. The molecule has 20 heavy (non-hydrogen) atoms. The van der Waals surface area contributed by atoms with Gasteiger partial charge in [0.15, 0.2) is 0 Å². The van der Waals surface area contributed by atoms with Crippen molar-refractivity contribution in [2.24, 2.45) is 5.92 Å². The zero-order chi connectivity index (χ0) is 14.7. The number of benzene rings is 2. The number of aryl methyl sites for hydroxylation is 1. The summed E-state index contributed by atoms with van der Waals surface area (Å²) < 4.78 is 1.09. The molecule has 106 valence electrons. The summed E-state index contributed by atoms with van der Waals surface area (Å²) in [5.41, 5.74) is 4.92. The van der Waals surface area contributed by atoms with Gasteiger partial charge in [-0.2, -0.15) is 0 Å². The summed E-state index contributed by atoms with van der Waals surface area (Å²) in [6, 6.07) is 14.9. The van der Waals surface area contributed by atoms with Gasteiger partial charge < -0.3 is 0 Å². The van der Waals surface area contributed by atoms with Gasteiger partial charge in [-0.3, -0.25) is 0 Å². The third-order valence-corrected chi connectivity index (χ3v) is 4.40. The molecule has 0 fully saturated rings. The van der Waals surface area contributed by atoms with Crippen molar-refractivity contribution >= 4 is 27.5 Å². The Kier molecular flexibility index (Phi) is 5.29. The predicted molar refractivity (Wildman–Crippen MR) is 91.6 cm³/mol. The molecule has 0 saturated heterocycles. The van der Waals surface area contributed by atoms with Crippen LogP contribution >= 0.6 is 27.5 Å². The van der Waals surface area contributed by atoms with Crippen LogP contribution in [0.3, 0.4) is 0 Å². The van der Waals surface area contributed by atoms with Crippen LogP contribution in [-0.4, -0.2) is 0 Å². The van der Waals surface area contributed by atoms with Crippen molar-refractivity contribution in [3.05, 3.63) is 69.2 Å². The van der Waals surface area contributed by atoms with Gasteiger partial charge in [-0.1, -0.05) is 60.1 Å². The third kappa shape index (κ3) is 3.86. The molecule has 1 unspecified atom stereocenters. The van der Waals surface area contributed by atoms with Gasteiger partial charge in [0.25, 0.3) is 0 Å². The molecule has 0 saturated carbocycles. The molecule has 2 aromatic rings. The van der Waals surface area contributed by atoms with Gasteiger partial charge in [-0.25, -0.2) is 0 Å². The zero-order valence-corrected chi connectivity index (χ0v) is 14.5. The van der Waals surface area contributed by atoms with Crippen molar-refractivity contribution < 1.29 is 0 Å². The molecule has 0 heterocycles. The molecule has 0 aromatic heterocycles. The first-order valence-electron chi connectivity index (χ1n) is 6.96. The highest BCUT2D eigenvalue weighted by Gasteiger charge is 2.13. The van der Waals surface area contributed by atoms with Gasteiger partial charge in [0, 0.05) is 4.47 Å². The van der Waals surface area contributed by atoms with Crippen molar-refractivity contribution in [2.75, 3.05) is 0 Å². The molecule has 2 heteroatoms. The summed E-state index contributed by atoms with van der Waals surface area (Å²) in [5, 5.41) is -0.0869. The average molecular weight is 352 g/mol. The Morgan fingerprint density at radius 1 is 1.05 bits per heavy atom. The van der Waals surface area contributed by atoms with E-state index in [1.807, 2.05) is 6.07 Å². The molecule has 0 aliphatic heterocycles. The van der Waals surface area contributed by atoms with E-state index in [-0.39, 0.29) is 5.38 Å². The normalized spacial score (nSPS) is 12.7. The number of alkyl halides is 1. The van der Waals surface area contributed by atoms with E-state index < -0.39 is 0 Å². The highest BCUT2D eigenvalue weighted by molar-refractivity contribution is 9.10. The molecule has 0 aliphatic carbocycles. The second-order valence-corrected chi connectivity index (χ2v) is 7.06. The molecule has 2 rings (SSSR count). The van der Waals surface area contributed by atoms with Gasteiger partial charge in [0.2, 0.25) is 0 Å². The van der Waals surface area contributed by atoms with Crippen LogP contribution in [0, 0.1) is 12.8 Å². The minimum absolute atomic E-state index is 0.0869. The average Bonchev–Trinajstić information content (AvgIpc) is 2.38. The molecule has 0 nitrogen and oxygen atoms in total. The zero-order valence-electron chi connectivity index (χ0n) is 12.2. The Bertz CT molecular complexity index is 572. The Labute approximate surface area is 135 Å². The van der Waals surface area contributed by atoms with Crippen LogP contribution in [0.4, 0.5) is 0 Å². The second-order valence-electron chi connectivity index (χ2n) is 5.70. The third-order valence-electron chi connectivity index (χ3n) is 3.42. The van der Waals surface area contributed by atoms with Crippen LogP contribution in [0.15, 0.2) is 46.9 Å². The molecular formula is C18H20BrCl. The van der Waals surface area contributed by atoms with Crippen LogP contribution in [0.1, 0.15) is 41.5 Å². The number of hydrogen-bond donors (Lipinski definition) is 0. The lowest BCUT2D eigenvalue weighted by Gasteiger charge is -2.14. The summed E-state index contributed by atoms with van der Waals surface area (Å²) >= 11 is 10.1. The van der Waals surface area contributed by atoms with Gasteiger partial charge in [-0.15, -0.1) is 11.6 Å². The van der Waals surface area contributed by atoms with Crippen LogP contribution in [0.5, 0.6) is 0 Å². The topological polar surface area (TPSA) is 0 Å². The highest BCUT2D eigenvalue weighted by Crippen LogP contribution is 2.32. The smallest absolute Gasteiger partial charge is 0.0838 e. The van der Waals surface area contributed by atoms with Gasteiger partial charge in [0.1, 0.15) is 0 Å². The summed E-state index contributed by atoms with van der Waals surface area (Å²) in [5.74, 6) is 0.682. The lowest BCUT2D eigenvalue weighted by atomic mass is 9.97. The number of halogens is 2. The maximum absolute atomic E-state index is 6.63. The van der Waals surface area contributed by atoms with E-state index >= 15 is 0 Å². The Morgan fingerprint density at radius 3 is 2.25 bits per heavy atom. The number of rotatable bonds is 4. The van der Waals surface area contributed by atoms with Crippen molar-refractivity contribution in [1.29, 1.82) is 0 Å².